The Kier molecular flexibility index (Phi) is 6.06. The Bertz CT molecular complexity index is 926. The summed E-state index contributed by atoms with van der Waals surface area (Å²) in [5, 5.41) is 3.38. The van der Waals surface area contributed by atoms with E-state index in [0.717, 1.165) is 22.6 Å². The van der Waals surface area contributed by atoms with Crippen molar-refractivity contribution in [3.63, 3.8) is 0 Å². The third kappa shape index (κ3) is 3.97. The molecule has 1 amide bonds. The zero-order valence-electron chi connectivity index (χ0n) is 14.7. The number of halogens is 1. The van der Waals surface area contributed by atoms with Crippen LogP contribution in [0, 0.1) is 0 Å². The number of amides is 1. The average molecular weight is 390 g/mol. The van der Waals surface area contributed by atoms with Gasteiger partial charge in [-0.1, -0.05) is 29.8 Å². The highest BCUT2D eigenvalue weighted by molar-refractivity contribution is 7.97. The molecule has 3 aromatic rings. The first-order chi connectivity index (χ1) is 12.6. The van der Waals surface area contributed by atoms with E-state index in [-0.39, 0.29) is 12.5 Å². The summed E-state index contributed by atoms with van der Waals surface area (Å²) >= 11 is 7.86. The molecule has 1 N–H and O–H groups in total. The molecule has 5 nitrogen and oxygen atoms in total. The number of nitrogens with one attached hydrogen (secondary N) is 1. The molecule has 0 atom stereocenters. The van der Waals surface area contributed by atoms with Gasteiger partial charge in [0.25, 0.3) is 0 Å². The van der Waals surface area contributed by atoms with Gasteiger partial charge in [0, 0.05) is 0 Å². The van der Waals surface area contributed by atoms with Crippen LogP contribution < -0.4 is 10.1 Å². The Morgan fingerprint density at radius 3 is 2.85 bits per heavy atom. The van der Waals surface area contributed by atoms with Crippen LogP contribution in [0.5, 0.6) is 5.75 Å². The van der Waals surface area contributed by atoms with Crippen molar-refractivity contribution in [1.82, 2.24) is 9.55 Å². The van der Waals surface area contributed by atoms with Crippen LogP contribution >= 0.6 is 23.4 Å². The summed E-state index contributed by atoms with van der Waals surface area (Å²) in [7, 11) is 0. The Hall–Kier alpha value is -2.18. The number of imidazole rings is 1. The zero-order chi connectivity index (χ0) is 18.5. The quantitative estimate of drug-likeness (QED) is 0.642. The van der Waals surface area contributed by atoms with Crippen molar-refractivity contribution in [1.29, 1.82) is 0 Å². The minimum absolute atomic E-state index is 0.154. The average Bonchev–Trinajstić information content (AvgIpc) is 2.96. The standard InChI is InChI=1S/C19H20ClN3O2S/c1-3-25-19-13(20)7-6-9-15(19)22-18(24)11-23-16-10-5-4-8-14(16)21-17(23)12-26-2/h4-10H,3,11-12H2,1-2H3,(H,22,24). The molecule has 0 radical (unpaired) electrons. The first-order valence-corrected chi connectivity index (χ1v) is 10.1. The lowest BCUT2D eigenvalue weighted by Gasteiger charge is -2.14. The topological polar surface area (TPSA) is 56.1 Å². The van der Waals surface area contributed by atoms with Crippen molar-refractivity contribution >= 4 is 46.0 Å². The first kappa shape index (κ1) is 18.6. The number of thioether (sulfide) groups is 1. The second-order valence-corrected chi connectivity index (χ2v) is 6.91. The second-order valence-electron chi connectivity index (χ2n) is 5.63. The molecule has 26 heavy (non-hydrogen) atoms. The molecule has 0 aliphatic rings. The number of nitrogens with zero attached hydrogens (tertiary/aromatic N) is 2. The lowest BCUT2D eigenvalue weighted by atomic mass is 10.3. The summed E-state index contributed by atoms with van der Waals surface area (Å²) < 4.78 is 7.52. The summed E-state index contributed by atoms with van der Waals surface area (Å²) in [4.78, 5) is 17.3. The molecule has 1 heterocycles. The largest absolute Gasteiger partial charge is 0.490 e. The maximum Gasteiger partial charge on any atom is 0.244 e. The van der Waals surface area contributed by atoms with Gasteiger partial charge in [-0.2, -0.15) is 11.8 Å². The number of ether oxygens (including phenoxy) is 1. The van der Waals surface area contributed by atoms with Crippen LogP contribution in [-0.2, 0) is 17.1 Å². The molecule has 0 spiro atoms. The molecule has 0 aliphatic heterocycles. The third-order valence-corrected chi connectivity index (χ3v) is 4.68. The number of aromatic nitrogens is 2. The lowest BCUT2D eigenvalue weighted by molar-refractivity contribution is -0.116. The van der Waals surface area contributed by atoms with E-state index in [1.165, 1.54) is 0 Å². The van der Waals surface area contributed by atoms with E-state index in [2.05, 4.69) is 10.3 Å². The van der Waals surface area contributed by atoms with Gasteiger partial charge in [-0.3, -0.25) is 4.79 Å². The highest BCUT2D eigenvalue weighted by Crippen LogP contribution is 2.33. The Morgan fingerprint density at radius 1 is 1.27 bits per heavy atom. The molecule has 7 heteroatoms. The molecular formula is C19H20ClN3O2S. The minimum atomic E-state index is -0.154. The Morgan fingerprint density at radius 2 is 2.08 bits per heavy atom. The monoisotopic (exact) mass is 389 g/mol. The molecule has 0 fully saturated rings. The summed E-state index contributed by atoms with van der Waals surface area (Å²) in [6.45, 7) is 2.52. The summed E-state index contributed by atoms with van der Waals surface area (Å²) in [6.07, 6.45) is 2.02. The van der Waals surface area contributed by atoms with Crippen LogP contribution in [-0.4, -0.2) is 28.3 Å². The van der Waals surface area contributed by atoms with Crippen molar-refractivity contribution in [2.45, 2.75) is 19.2 Å². The van der Waals surface area contributed by atoms with Gasteiger partial charge in [0.05, 0.1) is 34.1 Å². The molecule has 0 unspecified atom stereocenters. The number of anilines is 1. The molecule has 0 aliphatic carbocycles. The maximum atomic E-state index is 12.7. The molecule has 3 rings (SSSR count). The predicted molar refractivity (Wildman–Crippen MR) is 108 cm³/mol. The van der Waals surface area contributed by atoms with E-state index >= 15 is 0 Å². The number of carbonyl (C=O) groups excluding carboxylic acids is 1. The van der Waals surface area contributed by atoms with Crippen molar-refractivity contribution in [3.05, 3.63) is 53.3 Å². The van der Waals surface area contributed by atoms with Crippen LogP contribution in [0.2, 0.25) is 5.02 Å². The van der Waals surface area contributed by atoms with Gasteiger partial charge in [0.2, 0.25) is 5.91 Å². The number of para-hydroxylation sites is 3. The number of hydrogen-bond donors (Lipinski definition) is 1. The van der Waals surface area contributed by atoms with Crippen molar-refractivity contribution in [2.24, 2.45) is 0 Å². The molecule has 1 aromatic heterocycles. The molecule has 0 bridgehead atoms. The Balaban J connectivity index is 1.86. The van der Waals surface area contributed by atoms with Gasteiger partial charge < -0.3 is 14.6 Å². The normalized spacial score (nSPS) is 10.9. The van der Waals surface area contributed by atoms with E-state index in [1.54, 1.807) is 30.0 Å². The van der Waals surface area contributed by atoms with Crippen molar-refractivity contribution in [2.75, 3.05) is 18.2 Å². The first-order valence-electron chi connectivity index (χ1n) is 8.28. The van der Waals surface area contributed by atoms with E-state index in [9.17, 15) is 4.79 Å². The van der Waals surface area contributed by atoms with Gasteiger partial charge in [0.15, 0.2) is 5.75 Å². The summed E-state index contributed by atoms with van der Waals surface area (Å²) in [6, 6.07) is 13.1. The van der Waals surface area contributed by atoms with Crippen LogP contribution in [0.3, 0.4) is 0 Å². The smallest absolute Gasteiger partial charge is 0.244 e. The fourth-order valence-electron chi connectivity index (χ4n) is 2.77. The van der Waals surface area contributed by atoms with Gasteiger partial charge in [-0.25, -0.2) is 4.98 Å². The molecule has 0 saturated heterocycles. The van der Waals surface area contributed by atoms with Crippen LogP contribution in [0.25, 0.3) is 11.0 Å². The fourth-order valence-corrected chi connectivity index (χ4v) is 3.48. The van der Waals surface area contributed by atoms with Gasteiger partial charge in [0.1, 0.15) is 12.4 Å². The zero-order valence-corrected chi connectivity index (χ0v) is 16.2. The third-order valence-electron chi connectivity index (χ3n) is 3.84. The summed E-state index contributed by atoms with van der Waals surface area (Å²) in [5.74, 6) is 1.96. The maximum absolute atomic E-state index is 12.7. The number of fused-ring (bicyclic) bond motifs is 1. The minimum Gasteiger partial charge on any atom is -0.490 e. The molecule has 0 saturated carbocycles. The van der Waals surface area contributed by atoms with Crippen molar-refractivity contribution in [3.8, 4) is 5.75 Å². The number of benzene rings is 2. The van der Waals surface area contributed by atoms with E-state index in [1.807, 2.05) is 42.0 Å². The highest BCUT2D eigenvalue weighted by atomic mass is 35.5. The predicted octanol–water partition coefficient (Wildman–Crippen LogP) is 4.59. The van der Waals surface area contributed by atoms with Crippen LogP contribution in [0.4, 0.5) is 5.69 Å². The Labute approximate surface area is 161 Å². The van der Waals surface area contributed by atoms with Gasteiger partial charge in [-0.15, -0.1) is 0 Å². The second kappa shape index (κ2) is 8.47. The number of hydrogen-bond acceptors (Lipinski definition) is 4. The van der Waals surface area contributed by atoms with Crippen LogP contribution in [0.1, 0.15) is 12.7 Å². The van der Waals surface area contributed by atoms with Gasteiger partial charge >= 0.3 is 0 Å². The van der Waals surface area contributed by atoms with Gasteiger partial charge in [-0.05, 0) is 37.4 Å². The van der Waals surface area contributed by atoms with Crippen LogP contribution in [0.15, 0.2) is 42.5 Å². The van der Waals surface area contributed by atoms with Crippen molar-refractivity contribution < 1.29 is 9.53 Å². The number of carbonyl (C=O) groups is 1. The number of rotatable bonds is 7. The van der Waals surface area contributed by atoms with E-state index < -0.39 is 0 Å². The molecule has 136 valence electrons. The fraction of sp³-hybridized carbons (Fsp3) is 0.263. The van der Waals surface area contributed by atoms with E-state index in [4.69, 9.17) is 16.3 Å². The molecule has 2 aromatic carbocycles. The lowest BCUT2D eigenvalue weighted by Crippen LogP contribution is -2.20. The SMILES string of the molecule is CCOc1c(Cl)cccc1NC(=O)Cn1c(CSC)nc2ccccc21. The van der Waals surface area contributed by atoms with E-state index in [0.29, 0.717) is 23.1 Å². The highest BCUT2D eigenvalue weighted by Gasteiger charge is 2.15. The summed E-state index contributed by atoms with van der Waals surface area (Å²) in [5.41, 5.74) is 2.41. The molecular weight excluding hydrogens is 370 g/mol.